The monoisotopic (exact) mass is 168 g/mol. The van der Waals surface area contributed by atoms with E-state index >= 15 is 0 Å². The highest BCUT2D eigenvalue weighted by atomic mass is 19.4. The molecule has 66 valence electrons. The van der Waals surface area contributed by atoms with Crippen molar-refractivity contribution in [3.63, 3.8) is 0 Å². The molecule has 11 heavy (non-hydrogen) atoms. The van der Waals surface area contributed by atoms with Crippen LogP contribution in [0.4, 0.5) is 13.2 Å². The molecule has 0 heterocycles. The SMILES string of the molecule is CC1CC1C(C)(O)C(F)(F)F. The lowest BCUT2D eigenvalue weighted by atomic mass is 9.99. The predicted molar refractivity (Wildman–Crippen MR) is 33.9 cm³/mol. The quantitative estimate of drug-likeness (QED) is 0.634. The second-order valence-corrected chi connectivity index (χ2v) is 3.46. The Bertz CT molecular complexity index is 162. The van der Waals surface area contributed by atoms with Gasteiger partial charge in [0.05, 0.1) is 0 Å². The van der Waals surface area contributed by atoms with Crippen molar-refractivity contribution in [3.05, 3.63) is 0 Å². The average molecular weight is 168 g/mol. The van der Waals surface area contributed by atoms with Crippen molar-refractivity contribution >= 4 is 0 Å². The van der Waals surface area contributed by atoms with Crippen LogP contribution in [0.3, 0.4) is 0 Å². The van der Waals surface area contributed by atoms with E-state index in [4.69, 9.17) is 5.11 Å². The minimum absolute atomic E-state index is 0.00613. The van der Waals surface area contributed by atoms with Gasteiger partial charge in [0.15, 0.2) is 5.60 Å². The van der Waals surface area contributed by atoms with Gasteiger partial charge in [-0.25, -0.2) is 0 Å². The molecule has 0 radical (unpaired) electrons. The summed E-state index contributed by atoms with van der Waals surface area (Å²) in [7, 11) is 0. The lowest BCUT2D eigenvalue weighted by Gasteiger charge is -2.26. The van der Waals surface area contributed by atoms with Crippen molar-refractivity contribution in [2.24, 2.45) is 11.8 Å². The summed E-state index contributed by atoms with van der Waals surface area (Å²) < 4.78 is 36.1. The fourth-order valence-electron chi connectivity index (χ4n) is 1.32. The third-order valence-corrected chi connectivity index (χ3v) is 2.41. The van der Waals surface area contributed by atoms with Crippen LogP contribution < -0.4 is 0 Å². The van der Waals surface area contributed by atoms with Gasteiger partial charge in [-0.05, 0) is 25.2 Å². The van der Waals surface area contributed by atoms with Crippen LogP contribution in [0.5, 0.6) is 0 Å². The smallest absolute Gasteiger partial charge is 0.380 e. The molecule has 3 unspecified atom stereocenters. The van der Waals surface area contributed by atoms with E-state index in [1.54, 1.807) is 6.92 Å². The van der Waals surface area contributed by atoms with Gasteiger partial charge >= 0.3 is 6.18 Å². The van der Waals surface area contributed by atoms with E-state index in [-0.39, 0.29) is 5.92 Å². The van der Waals surface area contributed by atoms with E-state index in [2.05, 4.69) is 0 Å². The highest BCUT2D eigenvalue weighted by molar-refractivity contribution is 5.00. The van der Waals surface area contributed by atoms with Crippen LogP contribution in [-0.2, 0) is 0 Å². The summed E-state index contributed by atoms with van der Waals surface area (Å²) in [5.74, 6) is -0.589. The molecule has 0 bridgehead atoms. The number of halogens is 3. The zero-order chi connectivity index (χ0) is 8.86. The number of hydrogen-bond donors (Lipinski definition) is 1. The largest absolute Gasteiger partial charge is 0.417 e. The molecule has 1 nitrogen and oxygen atoms in total. The molecular formula is C7H11F3O. The molecule has 3 atom stereocenters. The predicted octanol–water partition coefficient (Wildman–Crippen LogP) is 1.96. The Kier molecular flexibility index (Phi) is 1.71. The molecule has 0 saturated heterocycles. The minimum atomic E-state index is -4.48. The van der Waals surface area contributed by atoms with Gasteiger partial charge in [-0.15, -0.1) is 0 Å². The summed E-state index contributed by atoms with van der Waals surface area (Å²) >= 11 is 0. The van der Waals surface area contributed by atoms with Crippen LogP contribution in [0.15, 0.2) is 0 Å². The van der Waals surface area contributed by atoms with Gasteiger partial charge in [0, 0.05) is 0 Å². The van der Waals surface area contributed by atoms with E-state index in [1.807, 2.05) is 0 Å². The van der Waals surface area contributed by atoms with Crippen LogP contribution in [0.1, 0.15) is 20.3 Å². The van der Waals surface area contributed by atoms with E-state index in [0.29, 0.717) is 6.42 Å². The van der Waals surface area contributed by atoms with Gasteiger partial charge in [0.1, 0.15) is 0 Å². The van der Waals surface area contributed by atoms with Crippen molar-refractivity contribution < 1.29 is 18.3 Å². The zero-order valence-corrected chi connectivity index (χ0v) is 6.44. The van der Waals surface area contributed by atoms with Crippen molar-refractivity contribution in [2.45, 2.75) is 32.0 Å². The van der Waals surface area contributed by atoms with Gasteiger partial charge in [-0.1, -0.05) is 6.92 Å². The number of alkyl halides is 3. The Morgan fingerprint density at radius 2 is 1.73 bits per heavy atom. The summed E-state index contributed by atoms with van der Waals surface area (Å²) in [5, 5.41) is 9.04. The number of hydrogen-bond acceptors (Lipinski definition) is 1. The molecule has 1 fully saturated rings. The Balaban J connectivity index is 2.67. The van der Waals surface area contributed by atoms with Gasteiger partial charge in [-0.2, -0.15) is 13.2 Å². The first kappa shape index (κ1) is 8.84. The highest BCUT2D eigenvalue weighted by Crippen LogP contribution is 2.51. The number of rotatable bonds is 1. The maximum atomic E-state index is 12.0. The molecule has 0 aliphatic heterocycles. The normalized spacial score (nSPS) is 36.5. The van der Waals surface area contributed by atoms with Gasteiger partial charge in [0.2, 0.25) is 0 Å². The molecule has 0 aromatic carbocycles. The lowest BCUT2D eigenvalue weighted by molar-refractivity contribution is -0.262. The molecule has 1 N–H and O–H groups in total. The first-order valence-corrected chi connectivity index (χ1v) is 3.56. The molecule has 0 aromatic heterocycles. The van der Waals surface area contributed by atoms with E-state index in [0.717, 1.165) is 6.92 Å². The van der Waals surface area contributed by atoms with E-state index in [1.165, 1.54) is 0 Å². The summed E-state index contributed by atoms with van der Waals surface area (Å²) in [6.07, 6.45) is -4.01. The lowest BCUT2D eigenvalue weighted by Crippen LogP contribution is -2.44. The Morgan fingerprint density at radius 1 is 1.36 bits per heavy atom. The Morgan fingerprint density at radius 3 is 1.82 bits per heavy atom. The summed E-state index contributed by atoms with van der Waals surface area (Å²) in [5.41, 5.74) is -2.48. The third-order valence-electron chi connectivity index (χ3n) is 2.41. The van der Waals surface area contributed by atoms with E-state index < -0.39 is 17.7 Å². The van der Waals surface area contributed by atoms with Crippen molar-refractivity contribution in [1.29, 1.82) is 0 Å². The Hall–Kier alpha value is -0.250. The van der Waals surface area contributed by atoms with Gasteiger partial charge in [0.25, 0.3) is 0 Å². The second kappa shape index (κ2) is 2.12. The summed E-state index contributed by atoms with van der Waals surface area (Å²) in [6, 6.07) is 0. The van der Waals surface area contributed by atoms with E-state index in [9.17, 15) is 13.2 Å². The van der Waals surface area contributed by atoms with Crippen molar-refractivity contribution in [1.82, 2.24) is 0 Å². The molecule has 0 amide bonds. The van der Waals surface area contributed by atoms with Crippen LogP contribution in [0.2, 0.25) is 0 Å². The maximum absolute atomic E-state index is 12.0. The maximum Gasteiger partial charge on any atom is 0.417 e. The molecule has 1 rings (SSSR count). The summed E-state index contributed by atoms with van der Waals surface area (Å²) in [6.45, 7) is 2.56. The van der Waals surface area contributed by atoms with Crippen molar-refractivity contribution in [3.8, 4) is 0 Å². The highest BCUT2D eigenvalue weighted by Gasteiger charge is 2.61. The van der Waals surface area contributed by atoms with Crippen molar-refractivity contribution in [2.75, 3.05) is 0 Å². The fourth-order valence-corrected chi connectivity index (χ4v) is 1.32. The molecule has 0 spiro atoms. The van der Waals surface area contributed by atoms with Crippen LogP contribution in [-0.4, -0.2) is 16.9 Å². The second-order valence-electron chi connectivity index (χ2n) is 3.46. The van der Waals surface area contributed by atoms with Gasteiger partial charge in [-0.3, -0.25) is 0 Å². The van der Waals surface area contributed by atoms with Crippen LogP contribution in [0.25, 0.3) is 0 Å². The number of aliphatic hydroxyl groups is 1. The van der Waals surface area contributed by atoms with Crippen LogP contribution in [0, 0.1) is 11.8 Å². The molecule has 0 aromatic rings. The molecule has 1 aliphatic carbocycles. The van der Waals surface area contributed by atoms with Crippen LogP contribution >= 0.6 is 0 Å². The topological polar surface area (TPSA) is 20.2 Å². The van der Waals surface area contributed by atoms with Gasteiger partial charge < -0.3 is 5.11 Å². The molecule has 1 saturated carbocycles. The average Bonchev–Trinajstić information content (AvgIpc) is 2.43. The molecular weight excluding hydrogens is 157 g/mol. The zero-order valence-electron chi connectivity index (χ0n) is 6.44. The molecule has 1 aliphatic rings. The molecule has 4 heteroatoms. The minimum Gasteiger partial charge on any atom is -0.380 e. The standard InChI is InChI=1S/C7H11F3O/c1-4-3-5(4)6(2,11)7(8,9)10/h4-5,11H,3H2,1-2H3. The third kappa shape index (κ3) is 1.36. The summed E-state index contributed by atoms with van der Waals surface area (Å²) in [4.78, 5) is 0. The first-order chi connectivity index (χ1) is 4.77. The Labute approximate surface area is 63.2 Å². The first-order valence-electron chi connectivity index (χ1n) is 3.56. The fraction of sp³-hybridized carbons (Fsp3) is 1.00.